The van der Waals surface area contributed by atoms with Gasteiger partial charge in [0.15, 0.2) is 0 Å². The number of aromatic nitrogens is 2. The van der Waals surface area contributed by atoms with Crippen LogP contribution < -0.4 is 9.64 Å². The first-order valence-electron chi connectivity index (χ1n) is 8.74. The molecule has 3 aromatic rings. The summed E-state index contributed by atoms with van der Waals surface area (Å²) >= 11 is 6.31. The number of pyridine rings is 1. The molecule has 0 aliphatic carbocycles. The quantitative estimate of drug-likeness (QED) is 0.665. The maximum absolute atomic E-state index is 6.31. The van der Waals surface area contributed by atoms with Crippen molar-refractivity contribution in [2.24, 2.45) is 0 Å². The first-order chi connectivity index (χ1) is 12.2. The first kappa shape index (κ1) is 16.3. The molecule has 130 valence electrons. The van der Waals surface area contributed by atoms with Gasteiger partial charge in [-0.25, -0.2) is 4.98 Å². The number of rotatable bonds is 3. The second-order valence-corrected chi connectivity index (χ2v) is 7.03. The summed E-state index contributed by atoms with van der Waals surface area (Å²) in [4.78, 5) is 7.28. The van der Waals surface area contributed by atoms with Crippen LogP contribution in [0.5, 0.6) is 5.75 Å². The second-order valence-electron chi connectivity index (χ2n) is 6.63. The summed E-state index contributed by atoms with van der Waals surface area (Å²) in [5, 5.41) is 0.606. The lowest BCUT2D eigenvalue weighted by Crippen LogP contribution is -2.29. The van der Waals surface area contributed by atoms with Crippen molar-refractivity contribution in [1.82, 2.24) is 9.38 Å². The highest BCUT2D eigenvalue weighted by Gasteiger charge is 2.14. The van der Waals surface area contributed by atoms with Crippen molar-refractivity contribution in [3.8, 4) is 17.0 Å². The van der Waals surface area contributed by atoms with Gasteiger partial charge in [0, 0.05) is 42.8 Å². The van der Waals surface area contributed by atoms with E-state index in [2.05, 4.69) is 40.8 Å². The molecule has 0 spiro atoms. The van der Waals surface area contributed by atoms with E-state index >= 15 is 0 Å². The number of benzene rings is 1. The van der Waals surface area contributed by atoms with Gasteiger partial charge in [0.05, 0.1) is 17.8 Å². The van der Waals surface area contributed by atoms with Crippen molar-refractivity contribution in [1.29, 1.82) is 0 Å². The minimum absolute atomic E-state index is 0.606. The summed E-state index contributed by atoms with van der Waals surface area (Å²) < 4.78 is 7.37. The maximum Gasteiger partial charge on any atom is 0.139 e. The average molecular weight is 356 g/mol. The minimum atomic E-state index is 0.606. The Morgan fingerprint density at radius 2 is 1.92 bits per heavy atom. The van der Waals surface area contributed by atoms with Gasteiger partial charge in [0.2, 0.25) is 0 Å². The molecule has 1 aliphatic heterocycles. The number of piperidine rings is 1. The summed E-state index contributed by atoms with van der Waals surface area (Å²) in [5.74, 6) is 0.694. The average Bonchev–Trinajstić information content (AvgIpc) is 3.07. The first-order valence-corrected chi connectivity index (χ1v) is 9.12. The minimum Gasteiger partial charge on any atom is -0.495 e. The van der Waals surface area contributed by atoms with E-state index in [9.17, 15) is 0 Å². The lowest BCUT2D eigenvalue weighted by Gasteiger charge is -2.28. The second kappa shape index (κ2) is 6.60. The van der Waals surface area contributed by atoms with Crippen LogP contribution in [-0.2, 0) is 0 Å². The summed E-state index contributed by atoms with van der Waals surface area (Å²) in [7, 11) is 1.63. The number of methoxy groups -OCH3 is 1. The fourth-order valence-electron chi connectivity index (χ4n) is 3.54. The normalized spacial score (nSPS) is 14.9. The SMILES string of the molecule is COc1cc(C)c(-c2cn3ccc(N4CCCCC4)cc3n2)cc1Cl. The van der Waals surface area contributed by atoms with Gasteiger partial charge < -0.3 is 14.0 Å². The maximum atomic E-state index is 6.31. The van der Waals surface area contributed by atoms with Crippen molar-refractivity contribution in [2.75, 3.05) is 25.1 Å². The van der Waals surface area contributed by atoms with Crippen LogP contribution in [0.3, 0.4) is 0 Å². The van der Waals surface area contributed by atoms with E-state index in [1.54, 1.807) is 7.11 Å². The van der Waals surface area contributed by atoms with Crippen molar-refractivity contribution in [3.05, 3.63) is 47.2 Å². The van der Waals surface area contributed by atoms with Crippen LogP contribution in [0.4, 0.5) is 5.69 Å². The molecular weight excluding hydrogens is 334 g/mol. The van der Waals surface area contributed by atoms with Gasteiger partial charge >= 0.3 is 0 Å². The summed E-state index contributed by atoms with van der Waals surface area (Å²) in [6.45, 7) is 4.32. The number of hydrogen-bond donors (Lipinski definition) is 0. The van der Waals surface area contributed by atoms with Gasteiger partial charge in [-0.05, 0) is 49.9 Å². The Morgan fingerprint density at radius 1 is 1.12 bits per heavy atom. The Morgan fingerprint density at radius 3 is 2.68 bits per heavy atom. The molecule has 0 atom stereocenters. The molecule has 4 nitrogen and oxygen atoms in total. The topological polar surface area (TPSA) is 29.8 Å². The van der Waals surface area contributed by atoms with E-state index in [1.165, 1.54) is 24.9 Å². The summed E-state index contributed by atoms with van der Waals surface area (Å²) in [6.07, 6.45) is 8.03. The third kappa shape index (κ3) is 3.07. The molecule has 0 N–H and O–H groups in total. The molecule has 1 aromatic carbocycles. The molecule has 0 radical (unpaired) electrons. The highest BCUT2D eigenvalue weighted by Crippen LogP contribution is 2.33. The molecule has 5 heteroatoms. The van der Waals surface area contributed by atoms with Crippen molar-refractivity contribution in [3.63, 3.8) is 0 Å². The van der Waals surface area contributed by atoms with Crippen LogP contribution in [0.25, 0.3) is 16.9 Å². The van der Waals surface area contributed by atoms with E-state index in [4.69, 9.17) is 21.3 Å². The predicted octanol–water partition coefficient (Wildman–Crippen LogP) is 4.96. The number of halogens is 1. The van der Waals surface area contributed by atoms with Gasteiger partial charge in [-0.2, -0.15) is 0 Å². The highest BCUT2D eigenvalue weighted by molar-refractivity contribution is 6.32. The molecule has 0 unspecified atom stereocenters. The lowest BCUT2D eigenvalue weighted by atomic mass is 10.1. The Labute approximate surface area is 153 Å². The monoisotopic (exact) mass is 355 g/mol. The molecule has 1 aliphatic rings. The van der Waals surface area contributed by atoms with Crippen molar-refractivity contribution >= 4 is 22.9 Å². The molecule has 2 aromatic heterocycles. The van der Waals surface area contributed by atoms with Crippen molar-refractivity contribution in [2.45, 2.75) is 26.2 Å². The Hall–Kier alpha value is -2.20. The van der Waals surface area contributed by atoms with Gasteiger partial charge in [0.25, 0.3) is 0 Å². The standard InChI is InChI=1S/C20H22ClN3O/c1-14-10-19(25-2)17(21)12-16(14)18-13-24-9-6-15(11-20(24)22-18)23-7-4-3-5-8-23/h6,9-13H,3-5,7-8H2,1-2H3. The van der Waals surface area contributed by atoms with E-state index in [0.29, 0.717) is 10.8 Å². The number of ether oxygens (including phenoxy) is 1. The van der Waals surface area contributed by atoms with Crippen LogP contribution in [0.1, 0.15) is 24.8 Å². The predicted molar refractivity (Wildman–Crippen MR) is 103 cm³/mol. The van der Waals surface area contributed by atoms with Crippen LogP contribution in [0, 0.1) is 6.92 Å². The molecule has 3 heterocycles. The fourth-order valence-corrected chi connectivity index (χ4v) is 3.78. The Kier molecular flexibility index (Phi) is 4.30. The molecule has 25 heavy (non-hydrogen) atoms. The van der Waals surface area contributed by atoms with Gasteiger partial charge in [-0.1, -0.05) is 11.6 Å². The number of nitrogens with zero attached hydrogens (tertiary/aromatic N) is 3. The molecule has 0 saturated carbocycles. The molecule has 4 rings (SSSR count). The zero-order chi connectivity index (χ0) is 17.4. The largest absolute Gasteiger partial charge is 0.495 e. The fraction of sp³-hybridized carbons (Fsp3) is 0.350. The molecule has 0 amide bonds. The van der Waals surface area contributed by atoms with E-state index in [-0.39, 0.29) is 0 Å². The van der Waals surface area contributed by atoms with E-state index < -0.39 is 0 Å². The summed E-state index contributed by atoms with van der Waals surface area (Å²) in [6, 6.07) is 8.25. The number of fused-ring (bicyclic) bond motifs is 1. The van der Waals surface area contributed by atoms with Crippen LogP contribution >= 0.6 is 11.6 Å². The molecule has 1 saturated heterocycles. The van der Waals surface area contributed by atoms with E-state index in [1.807, 2.05) is 12.1 Å². The highest BCUT2D eigenvalue weighted by atomic mass is 35.5. The number of aryl methyl sites for hydroxylation is 1. The molecular formula is C20H22ClN3O. The zero-order valence-corrected chi connectivity index (χ0v) is 15.4. The van der Waals surface area contributed by atoms with Crippen molar-refractivity contribution < 1.29 is 4.74 Å². The Bertz CT molecular complexity index is 913. The van der Waals surface area contributed by atoms with Crippen LogP contribution in [0.2, 0.25) is 5.02 Å². The third-order valence-electron chi connectivity index (χ3n) is 4.94. The van der Waals surface area contributed by atoms with Gasteiger partial charge in [-0.15, -0.1) is 0 Å². The summed E-state index contributed by atoms with van der Waals surface area (Å²) in [5.41, 5.74) is 5.28. The number of hydrogen-bond acceptors (Lipinski definition) is 3. The van der Waals surface area contributed by atoms with Gasteiger partial charge in [0.1, 0.15) is 11.4 Å². The van der Waals surface area contributed by atoms with Crippen LogP contribution in [-0.4, -0.2) is 29.6 Å². The lowest BCUT2D eigenvalue weighted by molar-refractivity contribution is 0.415. The molecule has 0 bridgehead atoms. The van der Waals surface area contributed by atoms with Crippen LogP contribution in [0.15, 0.2) is 36.7 Å². The zero-order valence-electron chi connectivity index (χ0n) is 14.6. The molecule has 1 fully saturated rings. The smallest absolute Gasteiger partial charge is 0.139 e. The number of anilines is 1. The third-order valence-corrected chi connectivity index (χ3v) is 5.24. The van der Waals surface area contributed by atoms with E-state index in [0.717, 1.165) is 35.6 Å². The Balaban J connectivity index is 1.73. The van der Waals surface area contributed by atoms with Gasteiger partial charge in [-0.3, -0.25) is 0 Å². The number of imidazole rings is 1.